The van der Waals surface area contributed by atoms with Crippen LogP contribution >= 0.6 is 11.3 Å². The number of nitrogens with zero attached hydrogens (tertiary/aromatic N) is 2. The molecule has 2 N–H and O–H groups in total. The summed E-state index contributed by atoms with van der Waals surface area (Å²) in [6, 6.07) is 8.70. The fourth-order valence-corrected chi connectivity index (χ4v) is 2.89. The van der Waals surface area contributed by atoms with Crippen LogP contribution in [0.3, 0.4) is 0 Å². The van der Waals surface area contributed by atoms with Gasteiger partial charge in [0.15, 0.2) is 0 Å². The molecular formula is C16H17FN4S. The van der Waals surface area contributed by atoms with Gasteiger partial charge in [0.25, 0.3) is 0 Å². The maximum atomic E-state index is 12.9. The molecule has 0 atom stereocenters. The second kappa shape index (κ2) is 6.27. The van der Waals surface area contributed by atoms with Crippen molar-refractivity contribution in [2.24, 2.45) is 0 Å². The molecule has 0 aliphatic carbocycles. The van der Waals surface area contributed by atoms with E-state index in [1.54, 1.807) is 23.5 Å². The predicted molar refractivity (Wildman–Crippen MR) is 89.9 cm³/mol. The summed E-state index contributed by atoms with van der Waals surface area (Å²) in [4.78, 5) is 9.05. The molecule has 114 valence electrons. The van der Waals surface area contributed by atoms with E-state index in [0.717, 1.165) is 21.6 Å². The molecule has 0 saturated heterocycles. The molecule has 1 aromatic carbocycles. The minimum Gasteiger partial charge on any atom is -0.365 e. The van der Waals surface area contributed by atoms with E-state index >= 15 is 0 Å². The van der Waals surface area contributed by atoms with Crippen LogP contribution in [0.15, 0.2) is 35.7 Å². The third-order valence-electron chi connectivity index (χ3n) is 3.09. The molecule has 0 unspecified atom stereocenters. The van der Waals surface area contributed by atoms with E-state index in [1.807, 2.05) is 25.3 Å². The lowest BCUT2D eigenvalue weighted by atomic mass is 10.2. The Labute approximate surface area is 132 Å². The second-order valence-electron chi connectivity index (χ2n) is 5.31. The average Bonchev–Trinajstić information content (AvgIpc) is 2.94. The Morgan fingerprint density at radius 2 is 1.91 bits per heavy atom. The largest absolute Gasteiger partial charge is 0.365 e. The van der Waals surface area contributed by atoms with Gasteiger partial charge in [-0.3, -0.25) is 0 Å². The molecule has 0 aliphatic heterocycles. The first-order valence-electron chi connectivity index (χ1n) is 7.12. The number of hydrogen-bond acceptors (Lipinski definition) is 5. The minimum absolute atomic E-state index is 0.227. The van der Waals surface area contributed by atoms with Crippen LogP contribution in [0.5, 0.6) is 0 Å². The van der Waals surface area contributed by atoms with Crippen LogP contribution in [-0.4, -0.2) is 16.0 Å². The molecule has 6 heteroatoms. The molecule has 0 radical (unpaired) electrons. The van der Waals surface area contributed by atoms with E-state index in [-0.39, 0.29) is 11.9 Å². The van der Waals surface area contributed by atoms with Gasteiger partial charge in [0.05, 0.1) is 10.2 Å². The zero-order valence-corrected chi connectivity index (χ0v) is 13.2. The van der Waals surface area contributed by atoms with Crippen molar-refractivity contribution in [1.29, 1.82) is 0 Å². The highest BCUT2D eigenvalue weighted by Gasteiger charge is 2.09. The van der Waals surface area contributed by atoms with Gasteiger partial charge in [-0.25, -0.2) is 9.37 Å². The topological polar surface area (TPSA) is 49.8 Å². The van der Waals surface area contributed by atoms with Crippen molar-refractivity contribution in [1.82, 2.24) is 9.97 Å². The molecule has 22 heavy (non-hydrogen) atoms. The van der Waals surface area contributed by atoms with Crippen molar-refractivity contribution in [3.8, 4) is 0 Å². The Kier molecular flexibility index (Phi) is 4.20. The summed E-state index contributed by atoms with van der Waals surface area (Å²) < 4.78 is 14.0. The van der Waals surface area contributed by atoms with Gasteiger partial charge >= 0.3 is 0 Å². The van der Waals surface area contributed by atoms with Crippen LogP contribution in [0, 0.1) is 5.82 Å². The fourth-order valence-electron chi connectivity index (χ4n) is 2.09. The standard InChI is InChI=1S/C16H17FN4S/c1-10(2)19-16-20-13-7-8-22-14(13)15(21-16)18-9-11-3-5-12(17)6-4-11/h3-8,10H,9H2,1-2H3,(H2,18,19,20,21). The third-order valence-corrected chi connectivity index (χ3v) is 4.00. The van der Waals surface area contributed by atoms with Gasteiger partial charge in [0.2, 0.25) is 5.95 Å². The summed E-state index contributed by atoms with van der Waals surface area (Å²) >= 11 is 1.60. The third kappa shape index (κ3) is 3.33. The van der Waals surface area contributed by atoms with Gasteiger partial charge < -0.3 is 10.6 Å². The van der Waals surface area contributed by atoms with Crippen LogP contribution in [0.4, 0.5) is 16.2 Å². The Hall–Kier alpha value is -2.21. The van der Waals surface area contributed by atoms with Crippen molar-refractivity contribution in [3.63, 3.8) is 0 Å². The molecule has 0 bridgehead atoms. The highest BCUT2D eigenvalue weighted by molar-refractivity contribution is 7.17. The number of anilines is 2. The quantitative estimate of drug-likeness (QED) is 0.738. The lowest BCUT2D eigenvalue weighted by Gasteiger charge is -2.11. The molecule has 3 rings (SSSR count). The van der Waals surface area contributed by atoms with Crippen LogP contribution in [-0.2, 0) is 6.54 Å². The summed E-state index contributed by atoms with van der Waals surface area (Å²) in [6.45, 7) is 4.69. The summed E-state index contributed by atoms with van der Waals surface area (Å²) in [5.74, 6) is 1.19. The number of fused-ring (bicyclic) bond motifs is 1. The number of hydrogen-bond donors (Lipinski definition) is 2. The van der Waals surface area contributed by atoms with Gasteiger partial charge in [-0.15, -0.1) is 11.3 Å². The van der Waals surface area contributed by atoms with E-state index in [9.17, 15) is 4.39 Å². The zero-order valence-electron chi connectivity index (χ0n) is 12.4. The molecule has 2 aromatic heterocycles. The maximum Gasteiger partial charge on any atom is 0.225 e. The summed E-state index contributed by atoms with van der Waals surface area (Å²) in [6.07, 6.45) is 0. The average molecular weight is 316 g/mol. The van der Waals surface area contributed by atoms with E-state index in [4.69, 9.17) is 0 Å². The number of nitrogens with one attached hydrogen (secondary N) is 2. The minimum atomic E-state index is -0.227. The first-order valence-corrected chi connectivity index (χ1v) is 8.00. The number of thiophene rings is 1. The highest BCUT2D eigenvalue weighted by atomic mass is 32.1. The van der Waals surface area contributed by atoms with E-state index in [0.29, 0.717) is 12.5 Å². The Morgan fingerprint density at radius 1 is 1.14 bits per heavy atom. The molecule has 0 amide bonds. The van der Waals surface area contributed by atoms with E-state index in [1.165, 1.54) is 12.1 Å². The van der Waals surface area contributed by atoms with Crippen molar-refractivity contribution in [2.45, 2.75) is 26.4 Å². The smallest absolute Gasteiger partial charge is 0.225 e. The predicted octanol–water partition coefficient (Wildman–Crippen LogP) is 4.26. The van der Waals surface area contributed by atoms with Gasteiger partial charge in [-0.1, -0.05) is 12.1 Å². The molecule has 0 saturated carbocycles. The first kappa shape index (κ1) is 14.7. The molecular weight excluding hydrogens is 299 g/mol. The fraction of sp³-hybridized carbons (Fsp3) is 0.250. The maximum absolute atomic E-state index is 12.9. The molecule has 2 heterocycles. The van der Waals surface area contributed by atoms with Crippen molar-refractivity contribution in [3.05, 3.63) is 47.1 Å². The molecule has 0 spiro atoms. The van der Waals surface area contributed by atoms with Crippen molar-refractivity contribution in [2.75, 3.05) is 10.6 Å². The normalized spacial score (nSPS) is 11.1. The van der Waals surface area contributed by atoms with Gasteiger partial charge in [-0.05, 0) is 43.0 Å². The number of rotatable bonds is 5. The molecule has 3 aromatic rings. The number of benzene rings is 1. The lowest BCUT2D eigenvalue weighted by molar-refractivity contribution is 0.627. The van der Waals surface area contributed by atoms with Crippen LogP contribution in [0.25, 0.3) is 10.2 Å². The van der Waals surface area contributed by atoms with Crippen LogP contribution in [0.1, 0.15) is 19.4 Å². The summed E-state index contributed by atoms with van der Waals surface area (Å²) in [7, 11) is 0. The Balaban J connectivity index is 1.85. The molecule has 0 fully saturated rings. The molecule has 4 nitrogen and oxygen atoms in total. The van der Waals surface area contributed by atoms with Crippen LogP contribution in [0.2, 0.25) is 0 Å². The van der Waals surface area contributed by atoms with Crippen molar-refractivity contribution >= 4 is 33.3 Å². The van der Waals surface area contributed by atoms with Gasteiger partial charge in [0, 0.05) is 12.6 Å². The SMILES string of the molecule is CC(C)Nc1nc(NCc2ccc(F)cc2)c2sccc2n1. The first-order chi connectivity index (χ1) is 10.6. The van der Waals surface area contributed by atoms with Gasteiger partial charge in [0.1, 0.15) is 11.6 Å². The van der Waals surface area contributed by atoms with Gasteiger partial charge in [-0.2, -0.15) is 4.98 Å². The highest BCUT2D eigenvalue weighted by Crippen LogP contribution is 2.27. The molecule has 0 aliphatic rings. The Bertz CT molecular complexity index is 767. The van der Waals surface area contributed by atoms with E-state index < -0.39 is 0 Å². The van der Waals surface area contributed by atoms with Crippen LogP contribution < -0.4 is 10.6 Å². The lowest BCUT2D eigenvalue weighted by Crippen LogP contribution is -2.13. The number of halogens is 1. The van der Waals surface area contributed by atoms with Crippen molar-refractivity contribution < 1.29 is 4.39 Å². The monoisotopic (exact) mass is 316 g/mol. The Morgan fingerprint density at radius 3 is 2.64 bits per heavy atom. The number of aromatic nitrogens is 2. The van der Waals surface area contributed by atoms with E-state index in [2.05, 4.69) is 20.6 Å². The summed E-state index contributed by atoms with van der Waals surface area (Å²) in [5.41, 5.74) is 1.92. The summed E-state index contributed by atoms with van der Waals surface area (Å²) in [5, 5.41) is 8.55. The zero-order chi connectivity index (χ0) is 15.5. The second-order valence-corrected chi connectivity index (χ2v) is 6.23.